The third kappa shape index (κ3) is 3.61. The molecule has 0 radical (unpaired) electrons. The van der Waals surface area contributed by atoms with E-state index in [1.54, 1.807) is 10.9 Å². The highest BCUT2D eigenvalue weighted by molar-refractivity contribution is 7.02. The molecule has 0 N–H and O–H groups in total. The van der Waals surface area contributed by atoms with Crippen molar-refractivity contribution in [1.29, 1.82) is 0 Å². The van der Waals surface area contributed by atoms with Gasteiger partial charge >= 0.3 is 0 Å². The number of hydrogen-bond donors (Lipinski definition) is 0. The molecule has 10 aromatic rings. The van der Waals surface area contributed by atoms with E-state index in [0.29, 0.717) is 0 Å². The number of rotatable bonds is 0. The van der Waals surface area contributed by atoms with Crippen LogP contribution in [0, 0.1) is 0 Å². The van der Waals surface area contributed by atoms with E-state index in [2.05, 4.69) is 189 Å². The summed E-state index contributed by atoms with van der Waals surface area (Å²) in [6.07, 6.45) is 2.76. The van der Waals surface area contributed by atoms with Gasteiger partial charge in [0.1, 0.15) is 0 Å². The van der Waals surface area contributed by atoms with Crippen LogP contribution in [0.15, 0.2) is 158 Å². The van der Waals surface area contributed by atoms with Gasteiger partial charge in [-0.05, 0) is 108 Å². The Morgan fingerprint density at radius 1 is 0.368 bits per heavy atom. The van der Waals surface area contributed by atoms with Crippen molar-refractivity contribution >= 4 is 189 Å². The average molecular weight is 857 g/mol. The molecular formula is C58H36B5N5. The fraction of sp³-hybridized carbons (Fsp3) is 0.0690. The predicted molar refractivity (Wildman–Crippen MR) is 295 cm³/mol. The van der Waals surface area contributed by atoms with Gasteiger partial charge in [0, 0.05) is 105 Å². The van der Waals surface area contributed by atoms with Crippen LogP contribution in [0.2, 0.25) is 0 Å². The standard InChI is InChI=1S/C58H36B5N5/c1-64-41-21-9-6-18-38(41)63-39-19-7-12-24-44(39)67-28-60-35-15-3-11-23-43(35)66-29-61-36-16-4-10-22-42(36)65-30-62-37-17-5-13-25-45(37)68-40-20-8-2-14-33(40)59-34-26-31-47-32-27-46(64)51(63)56(67)49(32)53(60)58(66)50(47)54(61)57(65)48(31)52(62)55(34)68/h2-27,59H,28-30H2,1H3. The monoisotopic (exact) mass is 857 g/mol. The molecule has 68 heavy (non-hydrogen) atoms. The molecule has 0 fully saturated rings. The second-order valence-electron chi connectivity index (χ2n) is 21.0. The molecule has 0 atom stereocenters. The second kappa shape index (κ2) is 11.3. The fourth-order valence-electron chi connectivity index (χ4n) is 16.1. The molecule has 0 saturated heterocycles. The first-order valence-electron chi connectivity index (χ1n) is 24.8. The molecule has 10 aromatic carbocycles. The predicted octanol–water partition coefficient (Wildman–Crippen LogP) is 4.07. The normalized spacial score (nSPS) is 16.6. The Labute approximate surface area is 395 Å². The van der Waals surface area contributed by atoms with Gasteiger partial charge in [0.15, 0.2) is 7.28 Å². The molecule has 9 aliphatic heterocycles. The van der Waals surface area contributed by atoms with Gasteiger partial charge in [0.25, 0.3) is 6.71 Å². The summed E-state index contributed by atoms with van der Waals surface area (Å²) < 4.78 is 0. The van der Waals surface area contributed by atoms with E-state index in [9.17, 15) is 0 Å². The van der Waals surface area contributed by atoms with E-state index in [1.165, 1.54) is 144 Å². The number of benzene rings is 10. The van der Waals surface area contributed by atoms with Gasteiger partial charge < -0.3 is 24.5 Å². The Morgan fingerprint density at radius 3 is 1.46 bits per heavy atom. The summed E-state index contributed by atoms with van der Waals surface area (Å²) in [6, 6.07) is 61.5. The van der Waals surface area contributed by atoms with Crippen LogP contribution < -0.4 is 84.6 Å². The maximum absolute atomic E-state index is 2.81. The minimum absolute atomic E-state index is 0.149. The first-order valence-corrected chi connectivity index (χ1v) is 24.8. The SMILES string of the molecule is CN1c2ccccc2B2c3ccccc3N3CB4c5ccccc5N5CB6c7ccccc7N7CB8c9ccccc9N9c%10ccccc%10Bc%10cc%11c(c8c%109)c7c6c6c5c4c4c3c2c1cc4c6%11. The highest BCUT2D eigenvalue weighted by Gasteiger charge is 2.54. The molecule has 9 heterocycles. The van der Waals surface area contributed by atoms with Gasteiger partial charge in [-0.15, -0.1) is 0 Å². The number of hydrogen-bond acceptors (Lipinski definition) is 5. The molecule has 10 heteroatoms. The van der Waals surface area contributed by atoms with Gasteiger partial charge in [-0.3, -0.25) is 0 Å². The summed E-state index contributed by atoms with van der Waals surface area (Å²) in [5.41, 5.74) is 31.4. The van der Waals surface area contributed by atoms with Crippen LogP contribution >= 0.6 is 0 Å². The van der Waals surface area contributed by atoms with Crippen LogP contribution in [0.25, 0.3) is 32.3 Å². The average Bonchev–Trinajstić information content (AvgIpc) is 3.40. The number of anilines is 11. The highest BCUT2D eigenvalue weighted by Crippen LogP contribution is 2.54. The van der Waals surface area contributed by atoms with Crippen molar-refractivity contribution in [3.63, 3.8) is 0 Å². The number of nitrogens with zero attached hydrogens (tertiary/aromatic N) is 5. The van der Waals surface area contributed by atoms with Gasteiger partial charge in [0.05, 0.1) is 0 Å². The quantitative estimate of drug-likeness (QED) is 0.169. The van der Waals surface area contributed by atoms with Crippen molar-refractivity contribution in [3.05, 3.63) is 158 Å². The van der Waals surface area contributed by atoms with Crippen molar-refractivity contribution in [1.82, 2.24) is 0 Å². The van der Waals surface area contributed by atoms with Crippen LogP contribution in [0.1, 0.15) is 0 Å². The van der Waals surface area contributed by atoms with E-state index in [4.69, 9.17) is 0 Å². The van der Waals surface area contributed by atoms with Crippen LogP contribution in [0.5, 0.6) is 0 Å². The molecule has 0 saturated carbocycles. The first kappa shape index (κ1) is 34.6. The van der Waals surface area contributed by atoms with E-state index in [-0.39, 0.29) is 26.9 Å². The molecule has 308 valence electrons. The third-order valence-electron chi connectivity index (χ3n) is 18.4. The third-order valence-corrected chi connectivity index (χ3v) is 18.4. The van der Waals surface area contributed by atoms with E-state index in [0.717, 1.165) is 26.6 Å². The van der Waals surface area contributed by atoms with Crippen LogP contribution in [-0.2, 0) is 0 Å². The van der Waals surface area contributed by atoms with Crippen molar-refractivity contribution in [3.8, 4) is 0 Å². The summed E-state index contributed by atoms with van der Waals surface area (Å²) >= 11 is 0. The van der Waals surface area contributed by atoms with Crippen molar-refractivity contribution < 1.29 is 0 Å². The molecule has 0 aliphatic carbocycles. The smallest absolute Gasteiger partial charge is 0.252 e. The molecule has 0 unspecified atom stereocenters. The Balaban J connectivity index is 1.08. The molecule has 0 amide bonds. The Morgan fingerprint density at radius 2 is 0.809 bits per heavy atom. The Hall–Kier alpha value is -7.70. The molecule has 0 aromatic heterocycles. The maximum Gasteiger partial charge on any atom is 0.252 e. The van der Waals surface area contributed by atoms with Gasteiger partial charge in [-0.2, -0.15) is 0 Å². The first-order chi connectivity index (χ1) is 33.7. The zero-order valence-corrected chi connectivity index (χ0v) is 37.4. The lowest BCUT2D eigenvalue weighted by Crippen LogP contribution is -2.69. The van der Waals surface area contributed by atoms with Gasteiger partial charge in [-0.25, -0.2) is 0 Å². The van der Waals surface area contributed by atoms with Gasteiger partial charge in [0.2, 0.25) is 20.1 Å². The van der Waals surface area contributed by atoms with Crippen molar-refractivity contribution in [2.45, 2.75) is 0 Å². The molecule has 19 rings (SSSR count). The summed E-state index contributed by atoms with van der Waals surface area (Å²) in [6.45, 7) is 0.790. The van der Waals surface area contributed by atoms with E-state index in [1.807, 2.05) is 0 Å². The Kier molecular flexibility index (Phi) is 5.77. The van der Waals surface area contributed by atoms with Gasteiger partial charge in [-0.1, -0.05) is 126 Å². The van der Waals surface area contributed by atoms with Crippen molar-refractivity contribution in [2.24, 2.45) is 0 Å². The zero-order chi connectivity index (χ0) is 43.6. The fourth-order valence-corrected chi connectivity index (χ4v) is 16.1. The topological polar surface area (TPSA) is 16.2 Å². The van der Waals surface area contributed by atoms with Crippen molar-refractivity contribution in [2.75, 3.05) is 50.9 Å². The summed E-state index contributed by atoms with van der Waals surface area (Å²) in [5.74, 6) is 0. The number of para-hydroxylation sites is 6. The van der Waals surface area contributed by atoms with Crippen LogP contribution in [0.3, 0.4) is 0 Å². The summed E-state index contributed by atoms with van der Waals surface area (Å²) in [7, 11) is 3.25. The molecule has 0 bridgehead atoms. The minimum Gasteiger partial charge on any atom is -0.349 e. The largest absolute Gasteiger partial charge is 0.349 e. The van der Waals surface area contributed by atoms with Crippen LogP contribution in [0.4, 0.5) is 62.6 Å². The molecular weight excluding hydrogens is 821 g/mol. The molecule has 5 nitrogen and oxygen atoms in total. The molecule has 9 aliphatic rings. The highest BCUT2D eigenvalue weighted by atomic mass is 15.2. The lowest BCUT2D eigenvalue weighted by Gasteiger charge is -2.53. The van der Waals surface area contributed by atoms with E-state index >= 15 is 0 Å². The minimum atomic E-state index is 0.149. The summed E-state index contributed by atoms with van der Waals surface area (Å²) in [4.78, 5) is 13.6. The lowest BCUT2D eigenvalue weighted by atomic mass is 9.29. The van der Waals surface area contributed by atoms with Crippen LogP contribution in [-0.4, -0.2) is 60.5 Å². The maximum atomic E-state index is 2.81. The second-order valence-corrected chi connectivity index (χ2v) is 21.0. The lowest BCUT2D eigenvalue weighted by molar-refractivity contribution is 1.11. The summed E-state index contributed by atoms with van der Waals surface area (Å²) in [5, 5.41) is 8.73. The zero-order valence-electron chi connectivity index (χ0n) is 37.4. The van der Waals surface area contributed by atoms with E-state index < -0.39 is 0 Å². The number of fused-ring (bicyclic) bond motifs is 18. The molecule has 0 spiro atoms. The Bertz CT molecular complexity index is 4150.